The number of amidine groups is 1. The van der Waals surface area contributed by atoms with Crippen LogP contribution in [0.1, 0.15) is 12.5 Å². The number of aromatic nitrogens is 1. The van der Waals surface area contributed by atoms with Gasteiger partial charge in [0, 0.05) is 35.8 Å². The fraction of sp³-hybridized carbons (Fsp3) is 0.269. The summed E-state index contributed by atoms with van der Waals surface area (Å²) < 4.78 is 12.8. The minimum atomic E-state index is -0.194. The van der Waals surface area contributed by atoms with Crippen molar-refractivity contribution in [1.82, 2.24) is 14.8 Å². The number of rotatable bonds is 6. The summed E-state index contributed by atoms with van der Waals surface area (Å²) in [5.41, 5.74) is 2.57. The minimum Gasteiger partial charge on any atom is -0.494 e. The van der Waals surface area contributed by atoms with E-state index in [2.05, 4.69) is 10.3 Å². The van der Waals surface area contributed by atoms with Crippen molar-refractivity contribution in [3.63, 3.8) is 0 Å². The van der Waals surface area contributed by atoms with Gasteiger partial charge in [0.25, 0.3) is 5.91 Å². The molecule has 0 bridgehead atoms. The van der Waals surface area contributed by atoms with Crippen molar-refractivity contribution in [2.24, 2.45) is 4.99 Å². The van der Waals surface area contributed by atoms with Gasteiger partial charge < -0.3 is 24.3 Å². The smallest absolute Gasteiger partial charge is 0.264 e. The van der Waals surface area contributed by atoms with Gasteiger partial charge in [-0.1, -0.05) is 18.2 Å². The Labute approximate surface area is 207 Å². The van der Waals surface area contributed by atoms with Crippen LogP contribution in [0.3, 0.4) is 0 Å². The lowest BCUT2D eigenvalue weighted by Gasteiger charge is -2.27. The van der Waals surface area contributed by atoms with Gasteiger partial charge in [0.2, 0.25) is 5.91 Å². The fourth-order valence-corrected chi connectivity index (χ4v) is 4.93. The molecule has 0 saturated carbocycles. The van der Waals surface area contributed by atoms with Crippen LogP contribution in [-0.4, -0.2) is 59.4 Å². The highest BCUT2D eigenvalue weighted by Gasteiger charge is 2.25. The Hall–Kier alpha value is -3.56. The molecule has 3 aromatic rings. The molecule has 2 aromatic carbocycles. The Morgan fingerprint density at radius 3 is 2.71 bits per heavy atom. The standard InChI is InChI=1S/C26H26N4O4S/c1-2-34-20-9-7-19(8-10-20)27-26-28-25(32)23(35-26)15-18-16-30(22-6-4-3-5-21(18)22)17-24(31)29-11-13-33-14-12-29/h3-10,15-16H,2,11-14,17H2,1H3,(H,27,28,32)/b23-15-. The van der Waals surface area contributed by atoms with E-state index < -0.39 is 0 Å². The summed E-state index contributed by atoms with van der Waals surface area (Å²) >= 11 is 1.30. The van der Waals surface area contributed by atoms with Gasteiger partial charge in [0.05, 0.1) is 30.4 Å². The van der Waals surface area contributed by atoms with E-state index in [1.54, 1.807) is 0 Å². The molecule has 1 aromatic heterocycles. The highest BCUT2D eigenvalue weighted by Crippen LogP contribution is 2.31. The van der Waals surface area contributed by atoms with Crippen LogP contribution in [0, 0.1) is 0 Å². The van der Waals surface area contributed by atoms with Crippen LogP contribution in [0.2, 0.25) is 0 Å². The molecular formula is C26H26N4O4S. The minimum absolute atomic E-state index is 0.0611. The van der Waals surface area contributed by atoms with Crippen molar-refractivity contribution in [3.8, 4) is 5.75 Å². The number of fused-ring (bicyclic) bond motifs is 1. The van der Waals surface area contributed by atoms with Crippen LogP contribution >= 0.6 is 11.8 Å². The van der Waals surface area contributed by atoms with Gasteiger partial charge in [-0.3, -0.25) is 9.59 Å². The quantitative estimate of drug-likeness (QED) is 0.532. The number of carbonyl (C=O) groups is 2. The number of thioether (sulfide) groups is 1. The van der Waals surface area contributed by atoms with E-state index in [1.807, 2.05) is 77.2 Å². The number of carbonyl (C=O) groups excluding carboxylic acids is 2. The predicted octanol–water partition coefficient (Wildman–Crippen LogP) is 3.79. The van der Waals surface area contributed by atoms with Crippen LogP contribution in [0.5, 0.6) is 5.75 Å². The first-order valence-electron chi connectivity index (χ1n) is 11.6. The number of benzene rings is 2. The number of morpholine rings is 1. The van der Waals surface area contributed by atoms with E-state index in [4.69, 9.17) is 9.47 Å². The lowest BCUT2D eigenvalue weighted by molar-refractivity contribution is -0.135. The van der Waals surface area contributed by atoms with Crippen molar-refractivity contribution in [2.75, 3.05) is 32.9 Å². The second-order valence-corrected chi connectivity index (χ2v) is 9.16. The van der Waals surface area contributed by atoms with Gasteiger partial charge >= 0.3 is 0 Å². The lowest BCUT2D eigenvalue weighted by atomic mass is 10.1. The second kappa shape index (κ2) is 10.4. The normalized spacial score (nSPS) is 18.4. The summed E-state index contributed by atoms with van der Waals surface area (Å²) in [5, 5.41) is 4.35. The van der Waals surface area contributed by atoms with Gasteiger partial charge in [0.15, 0.2) is 5.17 Å². The predicted molar refractivity (Wildman–Crippen MR) is 138 cm³/mol. The lowest BCUT2D eigenvalue weighted by Crippen LogP contribution is -2.42. The third-order valence-corrected chi connectivity index (χ3v) is 6.71. The van der Waals surface area contributed by atoms with E-state index in [0.29, 0.717) is 43.0 Å². The molecule has 9 heteroatoms. The third-order valence-electron chi connectivity index (χ3n) is 5.80. The molecule has 2 saturated heterocycles. The molecule has 0 atom stereocenters. The average molecular weight is 491 g/mol. The van der Waals surface area contributed by atoms with Gasteiger partial charge in [-0.25, -0.2) is 4.99 Å². The number of amides is 2. The molecule has 0 spiro atoms. The maximum absolute atomic E-state index is 12.8. The molecule has 2 aliphatic rings. The monoisotopic (exact) mass is 490 g/mol. The Kier molecular flexibility index (Phi) is 6.87. The Balaban J connectivity index is 1.37. The van der Waals surface area contributed by atoms with E-state index in [0.717, 1.165) is 27.9 Å². The summed E-state index contributed by atoms with van der Waals surface area (Å²) in [5.74, 6) is 0.649. The van der Waals surface area contributed by atoms with E-state index >= 15 is 0 Å². The molecule has 35 heavy (non-hydrogen) atoms. The van der Waals surface area contributed by atoms with Crippen molar-refractivity contribution in [2.45, 2.75) is 13.5 Å². The number of nitrogens with zero attached hydrogens (tertiary/aromatic N) is 3. The van der Waals surface area contributed by atoms with Crippen LogP contribution < -0.4 is 10.1 Å². The number of hydrogen-bond acceptors (Lipinski definition) is 6. The Morgan fingerprint density at radius 1 is 1.17 bits per heavy atom. The molecule has 2 aliphatic heterocycles. The summed E-state index contributed by atoms with van der Waals surface area (Å²) in [6.07, 6.45) is 3.80. The van der Waals surface area contributed by atoms with Crippen LogP contribution in [0.4, 0.5) is 5.69 Å². The first-order chi connectivity index (χ1) is 17.1. The topological polar surface area (TPSA) is 85.2 Å². The molecular weight excluding hydrogens is 464 g/mol. The summed E-state index contributed by atoms with van der Waals surface area (Å²) in [6.45, 7) is 5.15. The first kappa shape index (κ1) is 23.2. The Morgan fingerprint density at radius 2 is 1.94 bits per heavy atom. The molecule has 2 amide bonds. The molecule has 0 aliphatic carbocycles. The first-order valence-corrected chi connectivity index (χ1v) is 12.4. The van der Waals surface area contributed by atoms with Crippen LogP contribution in [0.15, 0.2) is 64.6 Å². The molecule has 1 N–H and O–H groups in total. The van der Waals surface area contributed by atoms with Crippen LogP contribution in [-0.2, 0) is 20.9 Å². The molecule has 180 valence electrons. The van der Waals surface area contributed by atoms with Crippen molar-refractivity contribution in [3.05, 3.63) is 65.2 Å². The summed E-state index contributed by atoms with van der Waals surface area (Å²) in [6, 6.07) is 15.3. The van der Waals surface area contributed by atoms with Crippen molar-refractivity contribution < 1.29 is 19.1 Å². The van der Waals surface area contributed by atoms with Gasteiger partial charge in [-0.15, -0.1) is 0 Å². The van der Waals surface area contributed by atoms with Crippen molar-refractivity contribution >= 4 is 51.4 Å². The highest BCUT2D eigenvalue weighted by molar-refractivity contribution is 8.18. The number of nitrogens with one attached hydrogen (secondary N) is 1. The molecule has 2 fully saturated rings. The van der Waals surface area contributed by atoms with Gasteiger partial charge in [-0.2, -0.15) is 0 Å². The zero-order chi connectivity index (χ0) is 24.2. The molecule has 3 heterocycles. The maximum atomic E-state index is 12.8. The summed E-state index contributed by atoms with van der Waals surface area (Å²) in [7, 11) is 0. The largest absolute Gasteiger partial charge is 0.494 e. The van der Waals surface area contributed by atoms with Crippen molar-refractivity contribution in [1.29, 1.82) is 0 Å². The molecule has 0 radical (unpaired) electrons. The number of hydrogen-bond donors (Lipinski definition) is 1. The molecule has 0 unspecified atom stereocenters. The molecule has 8 nitrogen and oxygen atoms in total. The molecule has 5 rings (SSSR count). The number of ether oxygens (including phenoxy) is 2. The van der Waals surface area contributed by atoms with Crippen LogP contribution in [0.25, 0.3) is 17.0 Å². The van der Waals surface area contributed by atoms with E-state index in [9.17, 15) is 9.59 Å². The third kappa shape index (κ3) is 5.26. The maximum Gasteiger partial charge on any atom is 0.264 e. The number of aliphatic imine (C=N–C) groups is 1. The highest BCUT2D eigenvalue weighted by atomic mass is 32.2. The second-order valence-electron chi connectivity index (χ2n) is 8.13. The summed E-state index contributed by atoms with van der Waals surface area (Å²) in [4.78, 5) is 32.4. The SMILES string of the molecule is CCOc1ccc(N=C2NC(=O)/C(=C/c3cn(CC(=O)N4CCOCC4)c4ccccc34)S2)cc1. The Bertz CT molecular complexity index is 1310. The van der Waals surface area contributed by atoms with E-state index in [1.165, 1.54) is 11.8 Å². The zero-order valence-corrected chi connectivity index (χ0v) is 20.2. The van der Waals surface area contributed by atoms with Gasteiger partial charge in [0.1, 0.15) is 12.3 Å². The number of para-hydroxylation sites is 1. The van der Waals surface area contributed by atoms with Gasteiger partial charge in [-0.05, 0) is 55.1 Å². The van der Waals surface area contributed by atoms with E-state index in [-0.39, 0.29) is 18.4 Å². The average Bonchev–Trinajstić information content (AvgIpc) is 3.40. The zero-order valence-electron chi connectivity index (χ0n) is 19.4. The fourth-order valence-electron chi connectivity index (χ4n) is 4.10.